The third-order valence-corrected chi connectivity index (χ3v) is 13.5. The maximum atomic E-state index is 12.8. The van der Waals surface area contributed by atoms with Crippen molar-refractivity contribution in [1.82, 2.24) is 0 Å². The van der Waals surface area contributed by atoms with Crippen LogP contribution in [0.2, 0.25) is 0 Å². The van der Waals surface area contributed by atoms with Crippen molar-refractivity contribution >= 4 is 17.9 Å². The Bertz CT molecular complexity index is 1080. The zero-order chi connectivity index (χ0) is 48.6. The fourth-order valence-corrected chi connectivity index (χ4v) is 8.95. The van der Waals surface area contributed by atoms with Gasteiger partial charge in [0.15, 0.2) is 6.10 Å². The molecule has 0 rings (SSSR count). The molecule has 6 nitrogen and oxygen atoms in total. The van der Waals surface area contributed by atoms with Crippen molar-refractivity contribution in [2.24, 2.45) is 0 Å². The largest absolute Gasteiger partial charge is 0.462 e. The van der Waals surface area contributed by atoms with Crippen LogP contribution < -0.4 is 0 Å². The number of carbonyl (C=O) groups excluding carboxylic acids is 3. The van der Waals surface area contributed by atoms with Gasteiger partial charge in [0.25, 0.3) is 0 Å². The first kappa shape index (κ1) is 64.9. The van der Waals surface area contributed by atoms with E-state index in [2.05, 4.69) is 45.1 Å². The number of rotatable bonds is 55. The highest BCUT2D eigenvalue weighted by Gasteiger charge is 2.19. The number of unbranched alkanes of at least 4 members (excludes halogenated alkanes) is 40. The van der Waals surface area contributed by atoms with Crippen molar-refractivity contribution in [3.63, 3.8) is 0 Å². The van der Waals surface area contributed by atoms with E-state index in [0.717, 1.165) is 64.2 Å². The molecule has 0 aliphatic rings. The average molecular weight is 944 g/mol. The van der Waals surface area contributed by atoms with Gasteiger partial charge < -0.3 is 14.2 Å². The summed E-state index contributed by atoms with van der Waals surface area (Å²) < 4.78 is 16.9. The topological polar surface area (TPSA) is 78.9 Å². The maximum absolute atomic E-state index is 12.8. The summed E-state index contributed by atoms with van der Waals surface area (Å²) in [6.07, 6.45) is 66.0. The van der Waals surface area contributed by atoms with Crippen LogP contribution >= 0.6 is 0 Å². The van der Waals surface area contributed by atoms with Crippen LogP contribution in [0.15, 0.2) is 24.3 Å². The quantitative estimate of drug-likeness (QED) is 0.0262. The van der Waals surface area contributed by atoms with Crippen LogP contribution in [0.1, 0.15) is 329 Å². The molecule has 0 unspecified atom stereocenters. The van der Waals surface area contributed by atoms with Gasteiger partial charge in [-0.1, -0.05) is 283 Å². The molecule has 0 amide bonds. The van der Waals surface area contributed by atoms with Crippen LogP contribution in [-0.2, 0) is 28.6 Å². The van der Waals surface area contributed by atoms with E-state index >= 15 is 0 Å². The Morgan fingerprint density at radius 2 is 0.537 bits per heavy atom. The zero-order valence-corrected chi connectivity index (χ0v) is 45.2. The van der Waals surface area contributed by atoms with E-state index in [-0.39, 0.29) is 31.1 Å². The van der Waals surface area contributed by atoms with E-state index in [0.29, 0.717) is 19.3 Å². The SMILES string of the molecule is CCCCC/C=C\C/C=C\CCCCCCCCCCCC(=O)OC[C@H](COC(=O)CCCCCCCCCCCCCCCCCCCCC)OC(=O)CCCCCCCCCCCCC. The van der Waals surface area contributed by atoms with Gasteiger partial charge in [0.2, 0.25) is 0 Å². The molecule has 0 fully saturated rings. The first-order valence-electron chi connectivity index (χ1n) is 29.8. The highest BCUT2D eigenvalue weighted by Crippen LogP contribution is 2.17. The predicted octanol–water partition coefficient (Wildman–Crippen LogP) is 19.9. The van der Waals surface area contributed by atoms with Gasteiger partial charge in [-0.2, -0.15) is 0 Å². The smallest absolute Gasteiger partial charge is 0.306 e. The molecule has 0 aliphatic carbocycles. The third kappa shape index (κ3) is 54.7. The first-order valence-corrected chi connectivity index (χ1v) is 29.8. The number of hydrogen-bond donors (Lipinski definition) is 0. The number of allylic oxidation sites excluding steroid dienone is 4. The second kappa shape index (κ2) is 56.5. The number of esters is 3. The van der Waals surface area contributed by atoms with Crippen molar-refractivity contribution in [2.45, 2.75) is 335 Å². The normalized spacial score (nSPS) is 12.1. The van der Waals surface area contributed by atoms with Crippen LogP contribution in [0.4, 0.5) is 0 Å². The Labute approximate surface area is 417 Å². The predicted molar refractivity (Wildman–Crippen MR) is 289 cm³/mol. The molecule has 0 N–H and O–H groups in total. The van der Waals surface area contributed by atoms with E-state index in [1.807, 2.05) is 0 Å². The van der Waals surface area contributed by atoms with Crippen molar-refractivity contribution in [2.75, 3.05) is 13.2 Å². The van der Waals surface area contributed by atoms with Crippen LogP contribution in [0, 0.1) is 0 Å². The average Bonchev–Trinajstić information content (AvgIpc) is 3.33. The summed E-state index contributed by atoms with van der Waals surface area (Å²) >= 11 is 0. The summed E-state index contributed by atoms with van der Waals surface area (Å²) in [6.45, 7) is 6.66. The Kier molecular flexibility index (Phi) is 54.7. The van der Waals surface area contributed by atoms with Gasteiger partial charge >= 0.3 is 17.9 Å². The number of ether oxygens (including phenoxy) is 3. The van der Waals surface area contributed by atoms with Crippen LogP contribution in [-0.4, -0.2) is 37.2 Å². The van der Waals surface area contributed by atoms with E-state index in [1.165, 1.54) is 225 Å². The zero-order valence-electron chi connectivity index (χ0n) is 45.2. The molecule has 0 spiro atoms. The Hall–Kier alpha value is -2.11. The molecule has 0 bridgehead atoms. The van der Waals surface area contributed by atoms with Crippen molar-refractivity contribution in [3.05, 3.63) is 24.3 Å². The lowest BCUT2D eigenvalue weighted by molar-refractivity contribution is -0.167. The second-order valence-electron chi connectivity index (χ2n) is 20.3. The van der Waals surface area contributed by atoms with Gasteiger partial charge in [0, 0.05) is 19.3 Å². The number of carbonyl (C=O) groups is 3. The van der Waals surface area contributed by atoms with Crippen LogP contribution in [0.25, 0.3) is 0 Å². The molecule has 0 aliphatic heterocycles. The summed E-state index contributed by atoms with van der Waals surface area (Å²) in [5.74, 6) is -0.849. The molecular formula is C61H114O6. The lowest BCUT2D eigenvalue weighted by Gasteiger charge is -2.18. The van der Waals surface area contributed by atoms with Gasteiger partial charge in [0.05, 0.1) is 0 Å². The van der Waals surface area contributed by atoms with Crippen molar-refractivity contribution < 1.29 is 28.6 Å². The molecule has 0 saturated carbocycles. The standard InChI is InChI=1S/C61H114O6/c1-4-7-10-13-16-19-22-24-26-28-30-32-34-36-39-41-44-47-50-53-59(62)65-56-58(67-61(64)55-52-49-46-43-38-21-18-15-12-9-6-3)57-66-60(63)54-51-48-45-42-40-37-35-33-31-29-27-25-23-20-17-14-11-8-5-2/h16,19,24,26,58H,4-15,17-18,20-23,25,27-57H2,1-3H3/b19-16-,26-24-/t58-/m1/s1. The summed E-state index contributed by atoms with van der Waals surface area (Å²) in [6, 6.07) is 0. The van der Waals surface area contributed by atoms with Gasteiger partial charge in [-0.3, -0.25) is 14.4 Å². The van der Waals surface area contributed by atoms with Gasteiger partial charge in [0.1, 0.15) is 13.2 Å². The Balaban J connectivity index is 4.24. The minimum atomic E-state index is -0.767. The summed E-state index contributed by atoms with van der Waals surface area (Å²) in [5, 5.41) is 0. The minimum absolute atomic E-state index is 0.0667. The fourth-order valence-electron chi connectivity index (χ4n) is 8.95. The first-order chi connectivity index (χ1) is 33.0. The molecular weight excluding hydrogens is 829 g/mol. The van der Waals surface area contributed by atoms with E-state index in [4.69, 9.17) is 14.2 Å². The lowest BCUT2D eigenvalue weighted by atomic mass is 10.0. The molecule has 67 heavy (non-hydrogen) atoms. The van der Waals surface area contributed by atoms with Gasteiger partial charge in [-0.15, -0.1) is 0 Å². The van der Waals surface area contributed by atoms with Crippen LogP contribution in [0.5, 0.6) is 0 Å². The molecule has 0 radical (unpaired) electrons. The number of hydrogen-bond acceptors (Lipinski definition) is 6. The van der Waals surface area contributed by atoms with Crippen molar-refractivity contribution in [1.29, 1.82) is 0 Å². The Morgan fingerprint density at radius 3 is 0.851 bits per heavy atom. The Morgan fingerprint density at radius 1 is 0.299 bits per heavy atom. The van der Waals surface area contributed by atoms with Crippen LogP contribution in [0.3, 0.4) is 0 Å². The van der Waals surface area contributed by atoms with E-state index in [1.54, 1.807) is 0 Å². The molecule has 0 heterocycles. The third-order valence-electron chi connectivity index (χ3n) is 13.5. The summed E-state index contributed by atoms with van der Waals surface area (Å²) in [4.78, 5) is 38.1. The second-order valence-corrected chi connectivity index (χ2v) is 20.3. The monoisotopic (exact) mass is 943 g/mol. The minimum Gasteiger partial charge on any atom is -0.462 e. The summed E-state index contributed by atoms with van der Waals surface area (Å²) in [7, 11) is 0. The molecule has 1 atom stereocenters. The van der Waals surface area contributed by atoms with E-state index < -0.39 is 6.10 Å². The molecule has 6 heteroatoms. The summed E-state index contributed by atoms with van der Waals surface area (Å²) in [5.41, 5.74) is 0. The molecule has 0 saturated heterocycles. The lowest BCUT2D eigenvalue weighted by Crippen LogP contribution is -2.30. The molecule has 0 aromatic rings. The fraction of sp³-hybridized carbons (Fsp3) is 0.885. The molecule has 394 valence electrons. The maximum Gasteiger partial charge on any atom is 0.306 e. The van der Waals surface area contributed by atoms with E-state index in [9.17, 15) is 14.4 Å². The van der Waals surface area contributed by atoms with Gasteiger partial charge in [-0.05, 0) is 51.4 Å². The highest BCUT2D eigenvalue weighted by atomic mass is 16.6. The van der Waals surface area contributed by atoms with Gasteiger partial charge in [-0.25, -0.2) is 0 Å². The molecule has 0 aromatic carbocycles. The van der Waals surface area contributed by atoms with Crippen molar-refractivity contribution in [3.8, 4) is 0 Å². The molecule has 0 aromatic heterocycles. The highest BCUT2D eigenvalue weighted by molar-refractivity contribution is 5.71.